The predicted molar refractivity (Wildman–Crippen MR) is 102 cm³/mol. The first-order chi connectivity index (χ1) is 12.5. The third-order valence-corrected chi connectivity index (χ3v) is 7.22. The summed E-state index contributed by atoms with van der Waals surface area (Å²) >= 11 is 1.62. The molecule has 1 aromatic heterocycles. The second-order valence-electron chi connectivity index (χ2n) is 6.12. The van der Waals surface area contributed by atoms with Gasteiger partial charge in [-0.05, 0) is 42.5 Å². The number of amides is 1. The lowest BCUT2D eigenvalue weighted by Crippen LogP contribution is -2.40. The van der Waals surface area contributed by atoms with Crippen LogP contribution in [0.2, 0.25) is 0 Å². The molecule has 1 saturated heterocycles. The number of ether oxygens (including phenoxy) is 1. The Bertz CT molecular complexity index is 857. The van der Waals surface area contributed by atoms with Gasteiger partial charge in [0.05, 0.1) is 18.1 Å². The molecule has 0 aliphatic carbocycles. The minimum absolute atomic E-state index is 0.128. The Balaban J connectivity index is 1.71. The lowest BCUT2D eigenvalue weighted by atomic mass is 10.2. The fraction of sp³-hybridized carbons (Fsp3) is 0.389. The van der Waals surface area contributed by atoms with E-state index in [0.29, 0.717) is 50.4 Å². The minimum atomic E-state index is -3.60. The molecule has 1 aliphatic rings. The van der Waals surface area contributed by atoms with Crippen molar-refractivity contribution in [3.05, 3.63) is 46.2 Å². The van der Waals surface area contributed by atoms with Gasteiger partial charge in [0.25, 0.3) is 0 Å². The fourth-order valence-electron chi connectivity index (χ4n) is 2.80. The molecule has 2 aromatic rings. The van der Waals surface area contributed by atoms with Gasteiger partial charge in [-0.3, -0.25) is 4.79 Å². The van der Waals surface area contributed by atoms with Gasteiger partial charge in [-0.1, -0.05) is 12.1 Å². The summed E-state index contributed by atoms with van der Waals surface area (Å²) in [4.78, 5) is 13.6. The molecule has 0 unspecified atom stereocenters. The van der Waals surface area contributed by atoms with E-state index in [-0.39, 0.29) is 10.8 Å². The molecule has 0 atom stereocenters. The third kappa shape index (κ3) is 4.50. The van der Waals surface area contributed by atoms with Crippen molar-refractivity contribution in [2.45, 2.75) is 24.7 Å². The van der Waals surface area contributed by atoms with Gasteiger partial charge in [0, 0.05) is 30.1 Å². The number of morpholine rings is 1. The zero-order valence-electron chi connectivity index (χ0n) is 14.6. The Morgan fingerprint density at radius 3 is 2.73 bits per heavy atom. The number of nitrogens with zero attached hydrogens (tertiary/aromatic N) is 1. The Hall–Kier alpha value is -1.74. The van der Waals surface area contributed by atoms with Crippen LogP contribution >= 0.6 is 11.3 Å². The minimum Gasteiger partial charge on any atom is -0.379 e. The van der Waals surface area contributed by atoms with Gasteiger partial charge >= 0.3 is 0 Å². The van der Waals surface area contributed by atoms with Gasteiger partial charge in [-0.2, -0.15) is 4.31 Å². The van der Waals surface area contributed by atoms with E-state index in [1.165, 1.54) is 4.31 Å². The molecular formula is C18H22N2O4S2. The molecule has 0 saturated carbocycles. The van der Waals surface area contributed by atoms with E-state index in [2.05, 4.69) is 5.32 Å². The van der Waals surface area contributed by atoms with Crippen LogP contribution in [0.5, 0.6) is 0 Å². The maximum Gasteiger partial charge on any atom is 0.243 e. The summed E-state index contributed by atoms with van der Waals surface area (Å²) in [5.74, 6) is -0.128. The normalized spacial score (nSPS) is 15.7. The molecule has 1 aliphatic heterocycles. The first kappa shape index (κ1) is 19.0. The molecule has 1 amide bonds. The average Bonchev–Trinajstić information content (AvgIpc) is 3.16. The van der Waals surface area contributed by atoms with Gasteiger partial charge < -0.3 is 10.1 Å². The average molecular weight is 395 g/mol. The van der Waals surface area contributed by atoms with Crippen molar-refractivity contribution in [1.82, 2.24) is 4.31 Å². The summed E-state index contributed by atoms with van der Waals surface area (Å²) in [5, 5.41) is 4.79. The summed E-state index contributed by atoms with van der Waals surface area (Å²) in [7, 11) is -3.60. The van der Waals surface area contributed by atoms with Gasteiger partial charge in [0.2, 0.25) is 15.9 Å². The van der Waals surface area contributed by atoms with E-state index in [1.807, 2.05) is 17.5 Å². The highest BCUT2D eigenvalue weighted by Crippen LogP contribution is 2.24. The number of aryl methyl sites for hydroxylation is 2. The highest BCUT2D eigenvalue weighted by atomic mass is 32.2. The maximum absolute atomic E-state index is 12.9. The highest BCUT2D eigenvalue weighted by Gasteiger charge is 2.28. The van der Waals surface area contributed by atoms with Gasteiger partial charge in [0.1, 0.15) is 0 Å². The molecule has 0 bridgehead atoms. The van der Waals surface area contributed by atoms with Crippen molar-refractivity contribution in [1.29, 1.82) is 0 Å². The van der Waals surface area contributed by atoms with Crippen LogP contribution in [0.4, 0.5) is 5.69 Å². The number of benzene rings is 1. The number of sulfonamides is 1. The molecule has 0 radical (unpaired) electrons. The molecule has 140 valence electrons. The zero-order valence-corrected chi connectivity index (χ0v) is 16.2. The number of anilines is 1. The molecule has 0 spiro atoms. The Labute approximate surface area is 157 Å². The van der Waals surface area contributed by atoms with E-state index in [4.69, 9.17) is 4.74 Å². The summed E-state index contributed by atoms with van der Waals surface area (Å²) in [6.45, 7) is 3.25. The van der Waals surface area contributed by atoms with E-state index in [9.17, 15) is 13.2 Å². The van der Waals surface area contributed by atoms with Crippen LogP contribution < -0.4 is 5.32 Å². The van der Waals surface area contributed by atoms with Gasteiger partial charge in [0.15, 0.2) is 0 Å². The van der Waals surface area contributed by atoms with E-state index < -0.39 is 10.0 Å². The molecule has 3 rings (SSSR count). The largest absolute Gasteiger partial charge is 0.379 e. The van der Waals surface area contributed by atoms with Crippen LogP contribution in [0, 0.1) is 6.92 Å². The van der Waals surface area contributed by atoms with Crippen molar-refractivity contribution < 1.29 is 17.9 Å². The maximum atomic E-state index is 12.9. The van der Waals surface area contributed by atoms with E-state index in [0.717, 1.165) is 4.88 Å². The summed E-state index contributed by atoms with van der Waals surface area (Å²) in [5.41, 5.74) is 1.16. The van der Waals surface area contributed by atoms with Crippen LogP contribution in [0.25, 0.3) is 0 Å². The SMILES string of the molecule is Cc1ccc(NC(=O)CCc2cccs2)cc1S(=O)(=O)N1CCOCC1. The second kappa shape index (κ2) is 8.30. The van der Waals surface area contributed by atoms with Crippen molar-refractivity contribution in [3.63, 3.8) is 0 Å². The molecule has 8 heteroatoms. The number of hydrogen-bond acceptors (Lipinski definition) is 5. The first-order valence-electron chi connectivity index (χ1n) is 8.47. The molecule has 1 aromatic carbocycles. The number of thiophene rings is 1. The topological polar surface area (TPSA) is 75.7 Å². The quantitative estimate of drug-likeness (QED) is 0.817. The van der Waals surface area contributed by atoms with Crippen LogP contribution in [0.15, 0.2) is 40.6 Å². The smallest absolute Gasteiger partial charge is 0.243 e. The first-order valence-corrected chi connectivity index (χ1v) is 10.8. The van der Waals surface area contributed by atoms with E-state index >= 15 is 0 Å². The lowest BCUT2D eigenvalue weighted by molar-refractivity contribution is -0.116. The zero-order chi connectivity index (χ0) is 18.6. The number of carbonyl (C=O) groups is 1. The van der Waals surface area contributed by atoms with Crippen molar-refractivity contribution >= 4 is 33.0 Å². The number of hydrogen-bond donors (Lipinski definition) is 1. The standard InChI is InChI=1S/C18H22N2O4S2/c1-14-4-5-15(19-18(21)7-6-16-3-2-12-25-16)13-17(14)26(22,23)20-8-10-24-11-9-20/h2-5,12-13H,6-11H2,1H3,(H,19,21). The molecule has 6 nitrogen and oxygen atoms in total. The molecule has 26 heavy (non-hydrogen) atoms. The lowest BCUT2D eigenvalue weighted by Gasteiger charge is -2.26. The Kier molecular flexibility index (Phi) is 6.08. The van der Waals surface area contributed by atoms with Crippen LogP contribution in [0.3, 0.4) is 0 Å². The summed E-state index contributed by atoms with van der Waals surface area (Å²) < 4.78 is 32.4. The highest BCUT2D eigenvalue weighted by molar-refractivity contribution is 7.89. The second-order valence-corrected chi connectivity index (χ2v) is 9.06. The van der Waals surface area contributed by atoms with Crippen molar-refractivity contribution in [3.8, 4) is 0 Å². The molecular weight excluding hydrogens is 372 g/mol. The number of carbonyl (C=O) groups excluding carboxylic acids is 1. The van der Waals surface area contributed by atoms with Crippen LogP contribution in [-0.2, 0) is 26.0 Å². The monoisotopic (exact) mass is 394 g/mol. The predicted octanol–water partition coefficient (Wildman–Crippen LogP) is 2.65. The van der Waals surface area contributed by atoms with E-state index in [1.54, 1.807) is 36.5 Å². The number of nitrogens with one attached hydrogen (secondary N) is 1. The molecule has 1 fully saturated rings. The Morgan fingerprint density at radius 2 is 2.04 bits per heavy atom. The Morgan fingerprint density at radius 1 is 1.27 bits per heavy atom. The van der Waals surface area contributed by atoms with Gasteiger partial charge in [-0.25, -0.2) is 8.42 Å². The summed E-state index contributed by atoms with van der Waals surface area (Å²) in [6.07, 6.45) is 1.04. The summed E-state index contributed by atoms with van der Waals surface area (Å²) in [6, 6.07) is 8.96. The third-order valence-electron chi connectivity index (χ3n) is 4.24. The molecule has 1 N–H and O–H groups in total. The molecule has 2 heterocycles. The van der Waals surface area contributed by atoms with Crippen LogP contribution in [0.1, 0.15) is 16.9 Å². The van der Waals surface area contributed by atoms with Crippen LogP contribution in [-0.4, -0.2) is 44.9 Å². The van der Waals surface area contributed by atoms with Crippen molar-refractivity contribution in [2.24, 2.45) is 0 Å². The van der Waals surface area contributed by atoms with Crippen molar-refractivity contribution in [2.75, 3.05) is 31.6 Å². The fourth-order valence-corrected chi connectivity index (χ4v) is 5.16. The van der Waals surface area contributed by atoms with Gasteiger partial charge in [-0.15, -0.1) is 11.3 Å². The number of rotatable bonds is 6.